The summed E-state index contributed by atoms with van der Waals surface area (Å²) in [6, 6.07) is 6.94. The molecule has 0 bridgehead atoms. The van der Waals surface area contributed by atoms with Gasteiger partial charge in [0.25, 0.3) is 0 Å². The molecule has 0 radical (unpaired) electrons. The van der Waals surface area contributed by atoms with Crippen LogP contribution in [0.15, 0.2) is 24.3 Å². The summed E-state index contributed by atoms with van der Waals surface area (Å²) in [5, 5.41) is 11.7. The Bertz CT molecular complexity index is 502. The first-order valence-electron chi connectivity index (χ1n) is 6.97. The maximum absolute atomic E-state index is 12.1. The van der Waals surface area contributed by atoms with Crippen molar-refractivity contribution in [3.05, 3.63) is 35.4 Å². The summed E-state index contributed by atoms with van der Waals surface area (Å²) in [4.78, 5) is 24.9. The van der Waals surface area contributed by atoms with Gasteiger partial charge in [0, 0.05) is 13.1 Å². The average molecular weight is 276 g/mol. The molecule has 0 saturated carbocycles. The molecule has 2 N–H and O–H groups in total. The summed E-state index contributed by atoms with van der Waals surface area (Å²) in [5.74, 6) is -0.974. The topological polar surface area (TPSA) is 69.6 Å². The second-order valence-electron chi connectivity index (χ2n) is 5.07. The van der Waals surface area contributed by atoms with Crippen molar-refractivity contribution in [1.82, 2.24) is 10.2 Å². The van der Waals surface area contributed by atoms with Crippen molar-refractivity contribution in [2.75, 3.05) is 6.54 Å². The zero-order valence-corrected chi connectivity index (χ0v) is 11.6. The average Bonchev–Trinajstić information content (AvgIpc) is 2.46. The Labute approximate surface area is 118 Å². The lowest BCUT2D eigenvalue weighted by atomic mass is 10.0. The minimum absolute atomic E-state index is 0.291. The molecule has 1 aliphatic heterocycles. The molecular formula is C15H20N2O3. The third kappa shape index (κ3) is 3.29. The van der Waals surface area contributed by atoms with Gasteiger partial charge in [-0.25, -0.2) is 9.59 Å². The van der Waals surface area contributed by atoms with Crippen molar-refractivity contribution in [3.63, 3.8) is 0 Å². The first kappa shape index (κ1) is 14.4. The maximum atomic E-state index is 12.1. The van der Waals surface area contributed by atoms with E-state index in [9.17, 15) is 9.59 Å². The van der Waals surface area contributed by atoms with Gasteiger partial charge in [0.15, 0.2) is 0 Å². The van der Waals surface area contributed by atoms with Crippen molar-refractivity contribution in [3.8, 4) is 0 Å². The predicted octanol–water partition coefficient (Wildman–Crippen LogP) is 2.01. The van der Waals surface area contributed by atoms with Crippen LogP contribution in [-0.4, -0.2) is 34.6 Å². The van der Waals surface area contributed by atoms with Crippen LogP contribution in [0.4, 0.5) is 4.79 Å². The number of amides is 2. The highest BCUT2D eigenvalue weighted by Crippen LogP contribution is 2.18. The number of carboxylic acid groups (broad SMARTS) is 1. The summed E-state index contributed by atoms with van der Waals surface area (Å²) >= 11 is 0. The largest absolute Gasteiger partial charge is 0.480 e. The predicted molar refractivity (Wildman–Crippen MR) is 75.4 cm³/mol. The number of hydrogen-bond donors (Lipinski definition) is 2. The highest BCUT2D eigenvalue weighted by Gasteiger charge is 2.24. The van der Waals surface area contributed by atoms with Gasteiger partial charge in [-0.15, -0.1) is 0 Å². The highest BCUT2D eigenvalue weighted by atomic mass is 16.4. The molecular weight excluding hydrogens is 256 g/mol. The van der Waals surface area contributed by atoms with Gasteiger partial charge in [-0.3, -0.25) is 0 Å². The van der Waals surface area contributed by atoms with E-state index in [-0.39, 0.29) is 6.03 Å². The number of carboxylic acids is 1. The number of hydrogen-bond acceptors (Lipinski definition) is 2. The monoisotopic (exact) mass is 276 g/mol. The van der Waals surface area contributed by atoms with Crippen LogP contribution in [0.5, 0.6) is 0 Å². The van der Waals surface area contributed by atoms with Gasteiger partial charge in [-0.1, -0.05) is 37.6 Å². The van der Waals surface area contributed by atoms with Crippen LogP contribution < -0.4 is 5.32 Å². The van der Waals surface area contributed by atoms with Gasteiger partial charge in [-0.2, -0.15) is 0 Å². The summed E-state index contributed by atoms with van der Waals surface area (Å²) in [6.45, 7) is 3.07. The lowest BCUT2D eigenvalue weighted by molar-refractivity contribution is -0.139. The van der Waals surface area contributed by atoms with Crippen molar-refractivity contribution >= 4 is 12.0 Å². The van der Waals surface area contributed by atoms with Gasteiger partial charge in [0.05, 0.1) is 0 Å². The Morgan fingerprint density at radius 2 is 2.05 bits per heavy atom. The van der Waals surface area contributed by atoms with E-state index < -0.39 is 12.0 Å². The first-order chi connectivity index (χ1) is 9.61. The molecule has 0 fully saturated rings. The highest BCUT2D eigenvalue weighted by molar-refractivity contribution is 5.82. The fourth-order valence-corrected chi connectivity index (χ4v) is 2.46. The molecule has 0 aliphatic carbocycles. The third-order valence-corrected chi connectivity index (χ3v) is 3.59. The van der Waals surface area contributed by atoms with E-state index in [0.29, 0.717) is 19.5 Å². The number of urea groups is 1. The molecule has 0 unspecified atom stereocenters. The quantitative estimate of drug-likeness (QED) is 0.883. The molecule has 0 spiro atoms. The van der Waals surface area contributed by atoms with Gasteiger partial charge in [0.1, 0.15) is 6.04 Å². The van der Waals surface area contributed by atoms with E-state index in [4.69, 9.17) is 5.11 Å². The molecule has 1 aromatic carbocycles. The minimum atomic E-state index is -0.974. The van der Waals surface area contributed by atoms with Crippen molar-refractivity contribution in [1.29, 1.82) is 0 Å². The Hall–Kier alpha value is -2.04. The van der Waals surface area contributed by atoms with Crippen molar-refractivity contribution in [2.45, 2.75) is 38.8 Å². The second kappa shape index (κ2) is 6.41. The molecule has 2 rings (SSSR count). The van der Waals surface area contributed by atoms with E-state index in [1.807, 2.05) is 25.1 Å². The Morgan fingerprint density at radius 3 is 2.70 bits per heavy atom. The fraction of sp³-hybridized carbons (Fsp3) is 0.467. The van der Waals surface area contributed by atoms with E-state index in [1.165, 1.54) is 5.56 Å². The van der Waals surface area contributed by atoms with E-state index in [2.05, 4.69) is 11.4 Å². The van der Waals surface area contributed by atoms with Gasteiger partial charge < -0.3 is 15.3 Å². The molecule has 5 nitrogen and oxygen atoms in total. The lowest BCUT2D eigenvalue weighted by Gasteiger charge is -2.30. The second-order valence-corrected chi connectivity index (χ2v) is 5.07. The molecule has 1 atom stereocenters. The molecule has 20 heavy (non-hydrogen) atoms. The number of benzene rings is 1. The summed E-state index contributed by atoms with van der Waals surface area (Å²) in [7, 11) is 0. The number of rotatable bonds is 4. The first-order valence-corrected chi connectivity index (χ1v) is 6.97. The van der Waals surface area contributed by atoms with Crippen molar-refractivity contribution < 1.29 is 14.7 Å². The summed E-state index contributed by atoms with van der Waals surface area (Å²) in [6.07, 6.45) is 1.99. The standard InChI is InChI=1S/C15H20N2O3/c1-2-5-13(14(18)19)16-15(20)17-9-8-11-6-3-4-7-12(11)10-17/h3-4,6-7,13H,2,5,8-10H2,1H3,(H,16,20)(H,18,19)/t13-/m0/s1. The Morgan fingerprint density at radius 1 is 1.35 bits per heavy atom. The van der Waals surface area contributed by atoms with Crippen LogP contribution >= 0.6 is 0 Å². The molecule has 2 amide bonds. The Kier molecular flexibility index (Phi) is 4.61. The van der Waals surface area contributed by atoms with Gasteiger partial charge in [0.2, 0.25) is 0 Å². The maximum Gasteiger partial charge on any atom is 0.326 e. The number of aliphatic carboxylic acids is 1. The normalized spacial score (nSPS) is 15.3. The fourth-order valence-electron chi connectivity index (χ4n) is 2.46. The summed E-state index contributed by atoms with van der Waals surface area (Å²) in [5.41, 5.74) is 2.40. The lowest BCUT2D eigenvalue weighted by Crippen LogP contribution is -2.49. The van der Waals surface area contributed by atoms with Crippen LogP contribution in [0.1, 0.15) is 30.9 Å². The van der Waals surface area contributed by atoms with Crippen LogP contribution in [0.25, 0.3) is 0 Å². The number of carbonyl (C=O) groups excluding carboxylic acids is 1. The molecule has 0 aromatic heterocycles. The number of fused-ring (bicyclic) bond motifs is 1. The molecule has 1 aromatic rings. The molecule has 1 heterocycles. The third-order valence-electron chi connectivity index (χ3n) is 3.59. The Balaban J connectivity index is 1.99. The zero-order chi connectivity index (χ0) is 14.5. The van der Waals surface area contributed by atoms with Crippen LogP contribution in [-0.2, 0) is 17.8 Å². The SMILES string of the molecule is CCC[C@H](NC(=O)N1CCc2ccccc2C1)C(=O)O. The smallest absolute Gasteiger partial charge is 0.326 e. The minimum Gasteiger partial charge on any atom is -0.480 e. The number of carbonyl (C=O) groups is 2. The van der Waals surface area contributed by atoms with Crippen LogP contribution in [0.3, 0.4) is 0 Å². The van der Waals surface area contributed by atoms with E-state index in [0.717, 1.165) is 18.4 Å². The van der Waals surface area contributed by atoms with E-state index in [1.54, 1.807) is 4.90 Å². The molecule has 0 saturated heterocycles. The van der Waals surface area contributed by atoms with Crippen molar-refractivity contribution in [2.24, 2.45) is 0 Å². The van der Waals surface area contributed by atoms with Crippen LogP contribution in [0.2, 0.25) is 0 Å². The summed E-state index contributed by atoms with van der Waals surface area (Å²) < 4.78 is 0. The molecule has 1 aliphatic rings. The van der Waals surface area contributed by atoms with Gasteiger partial charge >= 0.3 is 12.0 Å². The van der Waals surface area contributed by atoms with Gasteiger partial charge in [-0.05, 0) is 24.0 Å². The molecule has 5 heteroatoms. The van der Waals surface area contributed by atoms with E-state index >= 15 is 0 Å². The zero-order valence-electron chi connectivity index (χ0n) is 11.6. The number of nitrogens with one attached hydrogen (secondary N) is 1. The molecule has 108 valence electrons. The van der Waals surface area contributed by atoms with Crippen LogP contribution in [0, 0.1) is 0 Å². The number of nitrogens with zero attached hydrogens (tertiary/aromatic N) is 1.